The average molecular weight is 462 g/mol. The molecule has 2 aliphatic heterocycles. The number of fused-ring (bicyclic) bond motifs is 10. The molecule has 2 aliphatic rings. The predicted octanol–water partition coefficient (Wildman–Crippen LogP) is 5.15. The van der Waals surface area contributed by atoms with Gasteiger partial charge >= 0.3 is 167 Å². The maximum atomic E-state index is 2.89. The van der Waals surface area contributed by atoms with E-state index in [0.717, 1.165) is 0 Å². The second-order valence-electron chi connectivity index (χ2n) is 7.08. The van der Waals surface area contributed by atoms with Crippen molar-refractivity contribution in [3.63, 3.8) is 0 Å². The van der Waals surface area contributed by atoms with Crippen molar-refractivity contribution in [2.45, 2.75) is 0 Å². The van der Waals surface area contributed by atoms with Crippen LogP contribution in [0, 0.1) is 0 Å². The van der Waals surface area contributed by atoms with E-state index in [1.165, 1.54) is 43.5 Å². The summed E-state index contributed by atoms with van der Waals surface area (Å²) < 4.78 is -2.70. The number of halogens is 1. The molecule has 6 rings (SSSR count). The van der Waals surface area contributed by atoms with E-state index in [9.17, 15) is 0 Å². The zero-order valence-electron chi connectivity index (χ0n) is 14.1. The van der Waals surface area contributed by atoms with Gasteiger partial charge in [0.05, 0.1) is 0 Å². The molecule has 0 unspecified atom stereocenters. The molecule has 0 aromatic heterocycles. The zero-order chi connectivity index (χ0) is 17.4. The zero-order valence-corrected chi connectivity index (χ0v) is 17.1. The summed E-state index contributed by atoms with van der Waals surface area (Å²) in [5.74, 6) is 0. The molecule has 0 radical (unpaired) electrons. The number of rotatable bonds is 0. The summed E-state index contributed by atoms with van der Waals surface area (Å²) in [6.07, 6.45) is 0. The first kappa shape index (κ1) is 15.1. The summed E-state index contributed by atoms with van der Waals surface area (Å²) in [4.78, 5) is 0. The molecule has 0 bridgehead atoms. The third kappa shape index (κ3) is 1.45. The number of hydrogen-bond acceptors (Lipinski definition) is 0. The molecule has 0 fully saturated rings. The summed E-state index contributed by atoms with van der Waals surface area (Å²) in [5, 5.41) is 6.05. The van der Waals surface area contributed by atoms with Crippen LogP contribution in [-0.2, 0) is 0 Å². The Morgan fingerprint density at radius 3 is 0.885 bits per heavy atom. The summed E-state index contributed by atoms with van der Waals surface area (Å²) in [7, 11) is 0. The van der Waals surface area contributed by atoms with E-state index in [-0.39, 0.29) is 0 Å². The molecule has 0 saturated heterocycles. The van der Waals surface area contributed by atoms with E-state index in [2.05, 4.69) is 119 Å². The molecule has 0 atom stereocenters. The fourth-order valence-corrected chi connectivity index (χ4v) is 15.7. The van der Waals surface area contributed by atoms with E-state index in [0.29, 0.717) is 0 Å². The standard InChI is InChI=1S/C24H16IP/c25-26(21-13-5-1-9-17(21)18-10-2-6-14-22(18)26)23-15-7-3-11-19(23)20-12-4-8-16-24(20)26/h1-16H. The average Bonchev–Trinajstić information content (AvgIpc) is 3.11. The fraction of sp³-hybridized carbons (Fsp3) is 0. The topological polar surface area (TPSA) is 0 Å². The summed E-state index contributed by atoms with van der Waals surface area (Å²) in [6, 6.07) is 36.2. The molecular weight excluding hydrogens is 446 g/mol. The van der Waals surface area contributed by atoms with E-state index in [1.54, 1.807) is 0 Å². The van der Waals surface area contributed by atoms with Crippen molar-refractivity contribution in [3.05, 3.63) is 97.1 Å². The molecule has 4 aromatic rings. The minimum absolute atomic E-state index is 1.40. The van der Waals surface area contributed by atoms with Crippen molar-refractivity contribution in [2.75, 3.05) is 0 Å². The molecule has 26 heavy (non-hydrogen) atoms. The molecule has 1 spiro atoms. The Labute approximate surface area is 166 Å². The summed E-state index contributed by atoms with van der Waals surface area (Å²) >= 11 is 2.89. The minimum atomic E-state index is -2.70. The van der Waals surface area contributed by atoms with Crippen molar-refractivity contribution in [3.8, 4) is 22.3 Å². The van der Waals surface area contributed by atoms with E-state index in [4.69, 9.17) is 0 Å². The number of benzene rings is 4. The first-order valence-corrected chi connectivity index (χ1v) is 13.9. The molecule has 0 N–H and O–H groups in total. The van der Waals surface area contributed by atoms with Crippen LogP contribution in [0.4, 0.5) is 0 Å². The maximum absolute atomic E-state index is 2.89. The van der Waals surface area contributed by atoms with Gasteiger partial charge in [0.15, 0.2) is 0 Å². The molecule has 124 valence electrons. The Hall–Kier alpha value is -1.96. The monoisotopic (exact) mass is 462 g/mol. The predicted molar refractivity (Wildman–Crippen MR) is 123 cm³/mol. The van der Waals surface area contributed by atoms with Crippen LogP contribution in [0.1, 0.15) is 0 Å². The summed E-state index contributed by atoms with van der Waals surface area (Å²) in [6.45, 7) is 0. The van der Waals surface area contributed by atoms with Gasteiger partial charge in [-0.05, 0) is 0 Å². The van der Waals surface area contributed by atoms with Crippen LogP contribution < -0.4 is 21.2 Å². The van der Waals surface area contributed by atoms with Gasteiger partial charge in [-0.3, -0.25) is 0 Å². The second kappa shape index (κ2) is 4.85. The quantitative estimate of drug-likeness (QED) is 0.251. The van der Waals surface area contributed by atoms with Crippen molar-refractivity contribution in [1.29, 1.82) is 0 Å². The van der Waals surface area contributed by atoms with Gasteiger partial charge in [-0.15, -0.1) is 0 Å². The molecular formula is C24H16IP. The first-order chi connectivity index (χ1) is 12.7. The molecule has 2 heterocycles. The third-order valence-electron chi connectivity index (χ3n) is 6.01. The van der Waals surface area contributed by atoms with Crippen molar-refractivity contribution < 1.29 is 0 Å². The van der Waals surface area contributed by atoms with Crippen LogP contribution in [0.5, 0.6) is 0 Å². The Bertz CT molecular complexity index is 1030. The van der Waals surface area contributed by atoms with Crippen LogP contribution in [-0.4, -0.2) is 0 Å². The van der Waals surface area contributed by atoms with E-state index < -0.39 is 4.25 Å². The first-order valence-electron chi connectivity index (χ1n) is 8.87. The van der Waals surface area contributed by atoms with Gasteiger partial charge < -0.3 is 0 Å². The normalized spacial score (nSPS) is 18.3. The molecule has 0 saturated carbocycles. The van der Waals surface area contributed by atoms with Gasteiger partial charge in [-0.1, -0.05) is 0 Å². The van der Waals surface area contributed by atoms with Gasteiger partial charge in [0.2, 0.25) is 0 Å². The van der Waals surface area contributed by atoms with Gasteiger partial charge in [0, 0.05) is 0 Å². The van der Waals surface area contributed by atoms with E-state index >= 15 is 0 Å². The molecule has 2 heteroatoms. The Kier molecular flexibility index (Phi) is 2.82. The second-order valence-corrected chi connectivity index (χ2v) is 16.8. The van der Waals surface area contributed by atoms with Crippen LogP contribution in [0.15, 0.2) is 97.1 Å². The van der Waals surface area contributed by atoms with Crippen LogP contribution in [0.25, 0.3) is 22.3 Å². The Balaban J connectivity index is 1.95. The fourth-order valence-electron chi connectivity index (χ4n) is 5.05. The molecule has 4 aromatic carbocycles. The van der Waals surface area contributed by atoms with Crippen molar-refractivity contribution in [2.24, 2.45) is 0 Å². The Morgan fingerprint density at radius 2 is 0.615 bits per heavy atom. The van der Waals surface area contributed by atoms with Gasteiger partial charge in [-0.25, -0.2) is 0 Å². The van der Waals surface area contributed by atoms with Crippen LogP contribution >= 0.6 is 26.3 Å². The molecule has 0 nitrogen and oxygen atoms in total. The van der Waals surface area contributed by atoms with Crippen molar-refractivity contribution >= 4 is 47.5 Å². The Morgan fingerprint density at radius 1 is 0.385 bits per heavy atom. The SMILES string of the molecule is IP12(c3ccccc3-c3ccccc31)c1ccccc1-c1ccccc12. The van der Waals surface area contributed by atoms with E-state index in [1.807, 2.05) is 0 Å². The van der Waals surface area contributed by atoms with Crippen LogP contribution in [0.3, 0.4) is 0 Å². The summed E-state index contributed by atoms with van der Waals surface area (Å²) in [5.41, 5.74) is 5.62. The van der Waals surface area contributed by atoms with Crippen LogP contribution in [0.2, 0.25) is 0 Å². The molecule has 0 aliphatic carbocycles. The third-order valence-corrected chi connectivity index (χ3v) is 17.4. The van der Waals surface area contributed by atoms with Crippen molar-refractivity contribution in [1.82, 2.24) is 0 Å². The van der Waals surface area contributed by atoms with Gasteiger partial charge in [0.1, 0.15) is 0 Å². The molecule has 0 amide bonds. The number of hydrogen-bond donors (Lipinski definition) is 0. The van der Waals surface area contributed by atoms with Gasteiger partial charge in [0.25, 0.3) is 0 Å². The van der Waals surface area contributed by atoms with Gasteiger partial charge in [-0.2, -0.15) is 0 Å².